The molecule has 4 rings (SSSR count). The molecule has 3 aliphatic rings. The van der Waals surface area contributed by atoms with Crippen molar-refractivity contribution in [2.75, 3.05) is 24.5 Å². The van der Waals surface area contributed by atoms with E-state index in [2.05, 4.69) is 27.6 Å². The van der Waals surface area contributed by atoms with Crippen LogP contribution in [0.4, 0.5) is 18.9 Å². The van der Waals surface area contributed by atoms with Gasteiger partial charge in [0.15, 0.2) is 0 Å². The molecule has 1 aromatic carbocycles. The molecule has 40 heavy (non-hydrogen) atoms. The Labute approximate surface area is 238 Å². The number of ether oxygens (including phenoxy) is 1. The summed E-state index contributed by atoms with van der Waals surface area (Å²) in [5.74, 6) is 6.55. The van der Waals surface area contributed by atoms with Crippen LogP contribution >= 0.6 is 11.6 Å². The van der Waals surface area contributed by atoms with Gasteiger partial charge >= 0.3 is 6.36 Å². The van der Waals surface area contributed by atoms with Crippen LogP contribution in [-0.2, 0) is 4.79 Å². The number of alkyl halides is 3. The van der Waals surface area contributed by atoms with Crippen molar-refractivity contribution in [2.45, 2.75) is 51.8 Å². The monoisotopic (exact) mass is 576 g/mol. The Morgan fingerprint density at radius 3 is 2.50 bits per heavy atom. The molecule has 1 unspecified atom stereocenters. The second kappa shape index (κ2) is 13.0. The predicted octanol–water partition coefficient (Wildman–Crippen LogP) is 6.69. The fourth-order valence-corrected chi connectivity index (χ4v) is 5.65. The van der Waals surface area contributed by atoms with Gasteiger partial charge in [0.25, 0.3) is 5.91 Å². The first kappa shape index (κ1) is 29.8. The quantitative estimate of drug-likeness (QED) is 0.156. The van der Waals surface area contributed by atoms with Crippen LogP contribution in [0.5, 0.6) is 5.75 Å². The summed E-state index contributed by atoms with van der Waals surface area (Å²) in [7, 11) is 0. The number of nitrogens with one attached hydrogen (secondary N) is 1. The van der Waals surface area contributed by atoms with Crippen LogP contribution in [0.25, 0.3) is 0 Å². The first-order valence-electron chi connectivity index (χ1n) is 13.6. The van der Waals surface area contributed by atoms with E-state index in [1.54, 1.807) is 30.4 Å². The van der Waals surface area contributed by atoms with Gasteiger partial charge in [-0.25, -0.2) is 5.84 Å². The molecule has 0 bridgehead atoms. The third kappa shape index (κ3) is 7.52. The van der Waals surface area contributed by atoms with E-state index in [0.717, 1.165) is 50.9 Å². The summed E-state index contributed by atoms with van der Waals surface area (Å²) in [6, 6.07) is 6.08. The number of halogens is 4. The number of piperidine rings is 1. The molecule has 0 radical (unpaired) electrons. The maximum atomic E-state index is 13.2. The van der Waals surface area contributed by atoms with Gasteiger partial charge in [-0.05, 0) is 92.4 Å². The van der Waals surface area contributed by atoms with E-state index >= 15 is 0 Å². The molecule has 1 aromatic rings. The summed E-state index contributed by atoms with van der Waals surface area (Å²) >= 11 is 6.17. The van der Waals surface area contributed by atoms with Crippen molar-refractivity contribution >= 4 is 23.2 Å². The highest BCUT2D eigenvalue weighted by Crippen LogP contribution is 2.35. The van der Waals surface area contributed by atoms with Crippen molar-refractivity contribution in [2.24, 2.45) is 17.7 Å². The van der Waals surface area contributed by atoms with Crippen molar-refractivity contribution in [3.63, 3.8) is 0 Å². The van der Waals surface area contributed by atoms with Gasteiger partial charge in [-0.2, -0.15) is 0 Å². The summed E-state index contributed by atoms with van der Waals surface area (Å²) in [4.78, 5) is 15.4. The average molecular weight is 577 g/mol. The standard InChI is InChI=1S/C30H36ClF3N4O2/c1-3-20(2)28(26-5-4-6-27(31)38(26)35)29(39)36-19-21-7-9-22(10-8-21)23-15-17-37(18-16-23)24-11-13-25(14-12-24)40-30(32,33)34/h4-6,9,11-14,21,23H,2-3,7-8,10,15-19,35H2,1H3,(H,36,39)/b28-26+. The molecule has 2 heterocycles. The summed E-state index contributed by atoms with van der Waals surface area (Å²) < 4.78 is 41.2. The van der Waals surface area contributed by atoms with Crippen LogP contribution in [0, 0.1) is 11.8 Å². The minimum atomic E-state index is -4.69. The summed E-state index contributed by atoms with van der Waals surface area (Å²) in [5, 5.41) is 4.72. The SMILES string of the molecule is C=C(CC)/C(C(=O)NCC1CC=C(C2CCN(c3ccc(OC(F)(F)F)cc3)CC2)CC1)=C1/C=CC=C(Cl)N1N. The zero-order chi connectivity index (χ0) is 28.9. The van der Waals surface area contributed by atoms with Gasteiger partial charge in [-0.3, -0.25) is 9.80 Å². The Balaban J connectivity index is 1.27. The van der Waals surface area contributed by atoms with Gasteiger partial charge < -0.3 is 15.0 Å². The summed E-state index contributed by atoms with van der Waals surface area (Å²) in [6.07, 6.45) is 8.39. The van der Waals surface area contributed by atoms with Crippen molar-refractivity contribution in [1.29, 1.82) is 0 Å². The number of carbonyl (C=O) groups excluding carboxylic acids is 1. The van der Waals surface area contributed by atoms with Gasteiger partial charge in [0, 0.05) is 25.3 Å². The van der Waals surface area contributed by atoms with E-state index in [1.807, 2.05) is 6.92 Å². The molecular weight excluding hydrogens is 541 g/mol. The number of allylic oxidation sites excluding steroid dienone is 5. The smallest absolute Gasteiger partial charge is 0.406 e. The van der Waals surface area contributed by atoms with Gasteiger partial charge in [-0.1, -0.05) is 42.8 Å². The van der Waals surface area contributed by atoms with Crippen molar-refractivity contribution < 1.29 is 22.7 Å². The molecule has 1 aliphatic carbocycles. The average Bonchev–Trinajstić information content (AvgIpc) is 2.94. The molecule has 0 saturated carbocycles. The number of anilines is 1. The first-order chi connectivity index (χ1) is 19.1. The molecule has 1 amide bonds. The van der Waals surface area contributed by atoms with E-state index in [9.17, 15) is 18.0 Å². The number of nitrogens with two attached hydrogens (primary N) is 1. The Bertz CT molecular complexity index is 1210. The van der Waals surface area contributed by atoms with Crippen LogP contribution < -0.4 is 20.8 Å². The van der Waals surface area contributed by atoms with Crippen LogP contribution in [0.3, 0.4) is 0 Å². The third-order valence-corrected chi connectivity index (χ3v) is 8.11. The first-order valence-corrected chi connectivity index (χ1v) is 14.0. The molecule has 216 valence electrons. The maximum absolute atomic E-state index is 13.2. The fraction of sp³-hybridized carbons (Fsp3) is 0.433. The highest BCUT2D eigenvalue weighted by atomic mass is 35.5. The summed E-state index contributed by atoms with van der Waals surface area (Å²) in [5.41, 5.74) is 4.06. The molecule has 2 aliphatic heterocycles. The minimum absolute atomic E-state index is 0.200. The lowest BCUT2D eigenvalue weighted by Gasteiger charge is -2.36. The molecule has 1 fully saturated rings. The van der Waals surface area contributed by atoms with Crippen molar-refractivity contribution in [3.05, 3.63) is 82.7 Å². The van der Waals surface area contributed by atoms with Crippen molar-refractivity contribution in [1.82, 2.24) is 10.3 Å². The second-order valence-electron chi connectivity index (χ2n) is 10.4. The summed E-state index contributed by atoms with van der Waals surface area (Å²) in [6.45, 7) is 8.29. The predicted molar refractivity (Wildman–Crippen MR) is 152 cm³/mol. The minimum Gasteiger partial charge on any atom is -0.406 e. The number of carbonyl (C=O) groups is 1. The van der Waals surface area contributed by atoms with E-state index < -0.39 is 6.36 Å². The molecule has 10 heteroatoms. The van der Waals surface area contributed by atoms with E-state index in [0.29, 0.717) is 46.8 Å². The number of benzene rings is 1. The molecule has 0 spiro atoms. The lowest BCUT2D eigenvalue weighted by atomic mass is 9.80. The van der Waals surface area contributed by atoms with Crippen LogP contribution in [-0.4, -0.2) is 36.9 Å². The number of hydrogen-bond acceptors (Lipinski definition) is 5. The Morgan fingerprint density at radius 1 is 1.20 bits per heavy atom. The topological polar surface area (TPSA) is 70.8 Å². The van der Waals surface area contributed by atoms with E-state index in [-0.39, 0.29) is 11.7 Å². The Morgan fingerprint density at radius 2 is 1.90 bits per heavy atom. The zero-order valence-corrected chi connectivity index (χ0v) is 23.4. The van der Waals surface area contributed by atoms with Gasteiger partial charge in [-0.15, -0.1) is 13.2 Å². The highest BCUT2D eigenvalue weighted by molar-refractivity contribution is 6.29. The van der Waals surface area contributed by atoms with Crippen LogP contribution in [0.1, 0.15) is 45.4 Å². The second-order valence-corrected chi connectivity index (χ2v) is 10.8. The number of amides is 1. The highest BCUT2D eigenvalue weighted by Gasteiger charge is 2.31. The number of rotatable bonds is 8. The Hall–Kier alpha value is -3.17. The largest absolute Gasteiger partial charge is 0.573 e. The van der Waals surface area contributed by atoms with Crippen molar-refractivity contribution in [3.8, 4) is 5.75 Å². The number of hydrogen-bond donors (Lipinski definition) is 2. The zero-order valence-electron chi connectivity index (χ0n) is 22.6. The fourth-order valence-electron chi connectivity index (χ4n) is 5.49. The number of nitrogens with zero attached hydrogens (tertiary/aromatic N) is 2. The molecule has 3 N–H and O–H groups in total. The Kier molecular flexibility index (Phi) is 9.68. The third-order valence-electron chi connectivity index (χ3n) is 7.80. The molecule has 1 atom stereocenters. The molecular formula is C30H36ClF3N4O2. The van der Waals surface area contributed by atoms with Gasteiger partial charge in [0.2, 0.25) is 0 Å². The molecule has 6 nitrogen and oxygen atoms in total. The normalized spacial score (nSPS) is 21.5. The van der Waals surface area contributed by atoms with Gasteiger partial charge in [0.05, 0.1) is 11.3 Å². The molecule has 0 aromatic heterocycles. The number of hydrazine groups is 1. The lowest BCUT2D eigenvalue weighted by Crippen LogP contribution is -2.36. The molecule has 1 saturated heterocycles. The van der Waals surface area contributed by atoms with Gasteiger partial charge in [0.1, 0.15) is 10.9 Å². The van der Waals surface area contributed by atoms with Crippen LogP contribution in [0.2, 0.25) is 0 Å². The van der Waals surface area contributed by atoms with Crippen LogP contribution in [0.15, 0.2) is 82.7 Å². The van der Waals surface area contributed by atoms with E-state index in [4.69, 9.17) is 17.4 Å². The maximum Gasteiger partial charge on any atom is 0.573 e. The van der Waals surface area contributed by atoms with E-state index in [1.165, 1.54) is 22.7 Å². The lowest BCUT2D eigenvalue weighted by molar-refractivity contribution is -0.274.